The van der Waals surface area contributed by atoms with Crippen molar-refractivity contribution >= 4 is 22.9 Å². The number of fused-ring (bicyclic) bond motifs is 1. The van der Waals surface area contributed by atoms with Crippen LogP contribution in [0.5, 0.6) is 0 Å². The zero-order valence-electron chi connectivity index (χ0n) is 17.8. The zero-order valence-corrected chi connectivity index (χ0v) is 18.7. The predicted octanol–water partition coefficient (Wildman–Crippen LogP) is 4.97. The maximum Gasteiger partial charge on any atom is 0.291 e. The first-order chi connectivity index (χ1) is 15.4. The first-order valence-corrected chi connectivity index (χ1v) is 11.5. The van der Waals surface area contributed by atoms with Gasteiger partial charge in [0.25, 0.3) is 5.92 Å². The Morgan fingerprint density at radius 3 is 2.72 bits per heavy atom. The number of hydrogen-bond donors (Lipinski definition) is 0. The molecule has 4 heterocycles. The summed E-state index contributed by atoms with van der Waals surface area (Å²) in [6, 6.07) is 3.26. The van der Waals surface area contributed by atoms with E-state index in [1.54, 1.807) is 29.6 Å². The molecule has 32 heavy (non-hydrogen) atoms. The van der Waals surface area contributed by atoms with Crippen LogP contribution >= 0.6 is 11.8 Å². The molecule has 166 valence electrons. The van der Waals surface area contributed by atoms with Gasteiger partial charge in [-0.05, 0) is 30.7 Å². The van der Waals surface area contributed by atoms with Crippen molar-refractivity contribution in [3.63, 3.8) is 0 Å². The van der Waals surface area contributed by atoms with Gasteiger partial charge in [-0.2, -0.15) is 13.8 Å². The van der Waals surface area contributed by atoms with Crippen LogP contribution in [0.3, 0.4) is 0 Å². The Morgan fingerprint density at radius 2 is 2.00 bits per heavy atom. The second-order valence-electron chi connectivity index (χ2n) is 7.73. The molecule has 0 atom stereocenters. The van der Waals surface area contributed by atoms with Crippen molar-refractivity contribution in [3.8, 4) is 22.9 Å². The van der Waals surface area contributed by atoms with Crippen molar-refractivity contribution in [2.24, 2.45) is 7.05 Å². The Balaban J connectivity index is 1.57. The summed E-state index contributed by atoms with van der Waals surface area (Å²) in [5.74, 6) is -0.159. The maximum absolute atomic E-state index is 14.1. The smallest absolute Gasteiger partial charge is 0.291 e. The van der Waals surface area contributed by atoms with E-state index in [0.29, 0.717) is 40.3 Å². The van der Waals surface area contributed by atoms with Crippen molar-refractivity contribution in [2.75, 3.05) is 5.75 Å². The number of aryl methyl sites for hydroxylation is 1. The van der Waals surface area contributed by atoms with Crippen LogP contribution in [0.4, 0.5) is 8.78 Å². The molecule has 0 unspecified atom stereocenters. The van der Waals surface area contributed by atoms with Crippen LogP contribution in [0.15, 0.2) is 27.7 Å². The Morgan fingerprint density at radius 1 is 1.19 bits per heavy atom. The third-order valence-electron chi connectivity index (χ3n) is 5.43. The second kappa shape index (κ2) is 7.88. The van der Waals surface area contributed by atoms with Gasteiger partial charge in [-0.3, -0.25) is 4.98 Å². The van der Waals surface area contributed by atoms with Crippen LogP contribution in [0, 0.1) is 0 Å². The van der Waals surface area contributed by atoms with Crippen LogP contribution in [-0.2, 0) is 13.0 Å². The van der Waals surface area contributed by atoms with Gasteiger partial charge in [0.2, 0.25) is 11.7 Å². The van der Waals surface area contributed by atoms with Gasteiger partial charge in [-0.25, -0.2) is 4.98 Å². The number of nitrogens with zero attached hydrogens (tertiary/aromatic N) is 7. The van der Waals surface area contributed by atoms with Gasteiger partial charge in [0, 0.05) is 36.0 Å². The topological polar surface area (TPSA) is 95.4 Å². The standard InChI is InChI=1S/C21H21F2N7OS/c1-4-21(22,23)15-9-13-18(28-27-15)30(3)19(25-13)16-14(32-5-2)8-12(10-24-16)17-26-20(31-29-17)11-6-7-11/h8-11H,4-7H2,1-3H3. The Bertz CT molecular complexity index is 1300. The lowest BCUT2D eigenvalue weighted by atomic mass is 10.2. The van der Waals surface area contributed by atoms with Gasteiger partial charge in [-0.1, -0.05) is 19.0 Å². The molecule has 0 aliphatic heterocycles. The second-order valence-corrected chi connectivity index (χ2v) is 9.03. The number of halogens is 2. The van der Waals surface area contributed by atoms with E-state index in [-0.39, 0.29) is 12.1 Å². The highest BCUT2D eigenvalue weighted by atomic mass is 32.2. The van der Waals surface area contributed by atoms with Crippen LogP contribution in [0.1, 0.15) is 50.6 Å². The van der Waals surface area contributed by atoms with Gasteiger partial charge in [0.05, 0.1) is 0 Å². The molecule has 0 spiro atoms. The van der Waals surface area contributed by atoms with Gasteiger partial charge in [0.15, 0.2) is 11.5 Å². The van der Waals surface area contributed by atoms with E-state index in [0.717, 1.165) is 29.1 Å². The van der Waals surface area contributed by atoms with Crippen LogP contribution < -0.4 is 0 Å². The molecular weight excluding hydrogens is 436 g/mol. The highest BCUT2D eigenvalue weighted by Crippen LogP contribution is 2.40. The molecule has 5 rings (SSSR count). The molecule has 0 amide bonds. The lowest BCUT2D eigenvalue weighted by molar-refractivity contribution is -0.0134. The average molecular weight is 458 g/mol. The summed E-state index contributed by atoms with van der Waals surface area (Å²) < 4.78 is 35.3. The molecule has 0 aromatic carbocycles. The highest BCUT2D eigenvalue weighted by Gasteiger charge is 2.32. The van der Waals surface area contributed by atoms with E-state index >= 15 is 0 Å². The summed E-state index contributed by atoms with van der Waals surface area (Å²) in [6.45, 7) is 3.45. The monoisotopic (exact) mass is 457 g/mol. The summed E-state index contributed by atoms with van der Waals surface area (Å²) in [4.78, 5) is 14.6. The quantitative estimate of drug-likeness (QED) is 0.359. The summed E-state index contributed by atoms with van der Waals surface area (Å²) in [6.07, 6.45) is 3.48. The van der Waals surface area contributed by atoms with E-state index < -0.39 is 5.92 Å². The molecular formula is C21H21F2N7OS. The fourth-order valence-electron chi connectivity index (χ4n) is 3.41. The van der Waals surface area contributed by atoms with E-state index in [1.807, 2.05) is 13.0 Å². The number of aromatic nitrogens is 7. The minimum absolute atomic E-state index is 0.353. The predicted molar refractivity (Wildman–Crippen MR) is 115 cm³/mol. The van der Waals surface area contributed by atoms with Crippen molar-refractivity contribution in [1.29, 1.82) is 0 Å². The molecule has 1 aliphatic rings. The molecule has 1 aliphatic carbocycles. The van der Waals surface area contributed by atoms with Crippen LogP contribution in [0.25, 0.3) is 34.1 Å². The first-order valence-electron chi connectivity index (χ1n) is 10.5. The molecule has 1 saturated carbocycles. The normalized spacial score (nSPS) is 14.4. The van der Waals surface area contributed by atoms with Gasteiger partial charge >= 0.3 is 0 Å². The third-order valence-corrected chi connectivity index (χ3v) is 6.34. The van der Waals surface area contributed by atoms with Gasteiger partial charge < -0.3 is 9.09 Å². The molecule has 0 saturated heterocycles. The van der Waals surface area contributed by atoms with Crippen LogP contribution in [-0.4, -0.2) is 40.6 Å². The van der Waals surface area contributed by atoms with Crippen molar-refractivity contribution < 1.29 is 13.3 Å². The van der Waals surface area contributed by atoms with E-state index in [2.05, 4.69) is 30.3 Å². The minimum atomic E-state index is -3.05. The number of rotatable bonds is 7. The molecule has 4 aromatic heterocycles. The lowest BCUT2D eigenvalue weighted by Crippen LogP contribution is -2.14. The van der Waals surface area contributed by atoms with Gasteiger partial charge in [-0.15, -0.1) is 22.0 Å². The van der Waals surface area contributed by atoms with E-state index in [4.69, 9.17) is 4.52 Å². The molecule has 0 radical (unpaired) electrons. The first kappa shape index (κ1) is 20.9. The fourth-order valence-corrected chi connectivity index (χ4v) is 4.21. The molecule has 8 nitrogen and oxygen atoms in total. The van der Waals surface area contributed by atoms with Crippen molar-refractivity contribution in [3.05, 3.63) is 29.9 Å². The number of pyridine rings is 1. The minimum Gasteiger partial charge on any atom is -0.339 e. The summed E-state index contributed by atoms with van der Waals surface area (Å²) in [5.41, 5.74) is 1.78. The lowest BCUT2D eigenvalue weighted by Gasteiger charge is -2.11. The summed E-state index contributed by atoms with van der Waals surface area (Å²) in [7, 11) is 1.77. The molecule has 11 heteroatoms. The Labute approximate surface area is 186 Å². The zero-order chi connectivity index (χ0) is 22.5. The van der Waals surface area contributed by atoms with E-state index in [9.17, 15) is 8.78 Å². The molecule has 4 aromatic rings. The van der Waals surface area contributed by atoms with E-state index in [1.165, 1.54) is 13.0 Å². The fraction of sp³-hybridized carbons (Fsp3) is 0.429. The summed E-state index contributed by atoms with van der Waals surface area (Å²) in [5, 5.41) is 11.8. The number of hydrogen-bond acceptors (Lipinski definition) is 8. The number of alkyl halides is 2. The average Bonchev–Trinajstić information content (AvgIpc) is 3.44. The SMILES string of the molecule is CCSc1cc(-c2noc(C3CC3)n2)cnc1-c1nc2cc(C(F)(F)CC)nnc2n1C. The Kier molecular flexibility index (Phi) is 5.15. The summed E-state index contributed by atoms with van der Waals surface area (Å²) >= 11 is 1.60. The maximum atomic E-state index is 14.1. The molecule has 0 bridgehead atoms. The Hall–Kier alpha value is -2.95. The van der Waals surface area contributed by atoms with Gasteiger partial charge in [0.1, 0.15) is 16.9 Å². The molecule has 0 N–H and O–H groups in total. The van der Waals surface area contributed by atoms with Crippen molar-refractivity contribution in [1.82, 2.24) is 34.9 Å². The third kappa shape index (κ3) is 3.64. The number of imidazole rings is 1. The molecule has 1 fully saturated rings. The van der Waals surface area contributed by atoms with Crippen molar-refractivity contribution in [2.45, 2.75) is 49.8 Å². The largest absolute Gasteiger partial charge is 0.339 e. The number of thioether (sulfide) groups is 1. The van der Waals surface area contributed by atoms with Crippen LogP contribution in [0.2, 0.25) is 0 Å². The highest BCUT2D eigenvalue weighted by molar-refractivity contribution is 7.99.